The first-order valence-corrected chi connectivity index (χ1v) is 11.3. The van der Waals surface area contributed by atoms with Gasteiger partial charge in [-0.15, -0.1) is 0 Å². The highest BCUT2D eigenvalue weighted by molar-refractivity contribution is 5.84. The molecule has 0 atom stereocenters. The molecule has 0 N–H and O–H groups in total. The highest BCUT2D eigenvalue weighted by Gasteiger charge is 2.04. The van der Waals surface area contributed by atoms with Crippen LogP contribution in [0.3, 0.4) is 0 Å². The van der Waals surface area contributed by atoms with Crippen LogP contribution in [0.2, 0.25) is 0 Å². The quantitative estimate of drug-likeness (QED) is 0.214. The standard InChI is InChI=1S/C30H26F2O/c1-2-3-18-33-29-16-9-22(10-17-29)4-5-24-7-12-25(30(32)20-24)11-6-23-8-13-27-21-28(31)15-14-26(27)19-23/h7-10,12-17,19-21H,2-5,18H2,1H3. The van der Waals surface area contributed by atoms with Crippen molar-refractivity contribution >= 4 is 10.8 Å². The SMILES string of the molecule is CCCCOc1ccc(CCc2ccc(C#Cc3ccc4cc(F)ccc4c3)c(F)c2)cc1. The summed E-state index contributed by atoms with van der Waals surface area (Å²) in [4.78, 5) is 0. The van der Waals surface area contributed by atoms with Crippen molar-refractivity contribution in [2.24, 2.45) is 0 Å². The fourth-order valence-corrected chi connectivity index (χ4v) is 3.62. The number of ether oxygens (including phenoxy) is 1. The molecular weight excluding hydrogens is 414 g/mol. The number of hydrogen-bond donors (Lipinski definition) is 0. The Kier molecular flexibility index (Phi) is 7.37. The molecule has 33 heavy (non-hydrogen) atoms. The first-order valence-electron chi connectivity index (χ1n) is 11.3. The summed E-state index contributed by atoms with van der Waals surface area (Å²) in [7, 11) is 0. The van der Waals surface area contributed by atoms with E-state index >= 15 is 0 Å². The Hall–Kier alpha value is -3.64. The van der Waals surface area contributed by atoms with Gasteiger partial charge >= 0.3 is 0 Å². The molecule has 0 heterocycles. The maximum absolute atomic E-state index is 14.6. The van der Waals surface area contributed by atoms with Gasteiger partial charge in [0, 0.05) is 5.56 Å². The summed E-state index contributed by atoms with van der Waals surface area (Å²) in [5.74, 6) is 6.24. The summed E-state index contributed by atoms with van der Waals surface area (Å²) in [5, 5.41) is 1.72. The van der Waals surface area contributed by atoms with Crippen molar-refractivity contribution in [2.75, 3.05) is 6.61 Å². The fourth-order valence-electron chi connectivity index (χ4n) is 3.62. The average Bonchev–Trinajstić information content (AvgIpc) is 2.83. The normalized spacial score (nSPS) is 10.6. The molecule has 3 heteroatoms. The minimum absolute atomic E-state index is 0.267. The van der Waals surface area contributed by atoms with Gasteiger partial charge in [0.1, 0.15) is 17.4 Å². The van der Waals surface area contributed by atoms with Gasteiger partial charge in [-0.05, 0) is 89.7 Å². The highest BCUT2D eigenvalue weighted by atomic mass is 19.1. The van der Waals surface area contributed by atoms with E-state index in [1.165, 1.54) is 17.7 Å². The molecule has 4 rings (SSSR count). The van der Waals surface area contributed by atoms with Crippen LogP contribution in [-0.4, -0.2) is 6.61 Å². The van der Waals surface area contributed by atoms with Gasteiger partial charge in [-0.25, -0.2) is 8.78 Å². The summed E-state index contributed by atoms with van der Waals surface area (Å²) in [5.41, 5.74) is 3.26. The molecule has 1 nitrogen and oxygen atoms in total. The first-order chi connectivity index (χ1) is 16.1. The summed E-state index contributed by atoms with van der Waals surface area (Å²) >= 11 is 0. The minimum atomic E-state index is -0.317. The molecule has 0 aliphatic heterocycles. The van der Waals surface area contributed by atoms with E-state index in [9.17, 15) is 8.78 Å². The molecule has 0 aliphatic rings. The lowest BCUT2D eigenvalue weighted by Crippen LogP contribution is -1.97. The monoisotopic (exact) mass is 440 g/mol. The number of rotatable bonds is 7. The number of aryl methyl sites for hydroxylation is 2. The third-order valence-corrected chi connectivity index (χ3v) is 5.57. The lowest BCUT2D eigenvalue weighted by atomic mass is 10.0. The molecule has 4 aromatic carbocycles. The summed E-state index contributed by atoms with van der Waals surface area (Å²) in [6.07, 6.45) is 3.75. The molecule has 0 unspecified atom stereocenters. The van der Waals surface area contributed by atoms with Crippen molar-refractivity contribution in [1.82, 2.24) is 0 Å². The molecule has 0 fully saturated rings. The van der Waals surface area contributed by atoms with Crippen LogP contribution in [0.5, 0.6) is 5.75 Å². The molecule has 0 bridgehead atoms. The lowest BCUT2D eigenvalue weighted by molar-refractivity contribution is 0.309. The third kappa shape index (κ3) is 6.20. The summed E-state index contributed by atoms with van der Waals surface area (Å²) in [6.45, 7) is 2.88. The van der Waals surface area contributed by atoms with Crippen LogP contribution in [0.1, 0.15) is 42.0 Å². The van der Waals surface area contributed by atoms with Crippen LogP contribution in [0.4, 0.5) is 8.78 Å². The topological polar surface area (TPSA) is 9.23 Å². The molecule has 0 aliphatic carbocycles. The first kappa shape index (κ1) is 22.6. The predicted molar refractivity (Wildman–Crippen MR) is 131 cm³/mol. The second-order valence-corrected chi connectivity index (χ2v) is 8.12. The van der Waals surface area contributed by atoms with E-state index in [0.717, 1.165) is 59.9 Å². The van der Waals surface area contributed by atoms with E-state index in [2.05, 4.69) is 30.9 Å². The van der Waals surface area contributed by atoms with Gasteiger partial charge in [0.15, 0.2) is 0 Å². The molecule has 0 radical (unpaired) electrons. The molecule has 166 valence electrons. The van der Waals surface area contributed by atoms with Crippen LogP contribution in [-0.2, 0) is 12.8 Å². The van der Waals surface area contributed by atoms with E-state index in [4.69, 9.17) is 4.74 Å². The Balaban J connectivity index is 1.38. The lowest BCUT2D eigenvalue weighted by Gasteiger charge is -2.07. The number of halogens is 2. The zero-order valence-electron chi connectivity index (χ0n) is 18.7. The van der Waals surface area contributed by atoms with Crippen molar-refractivity contribution in [2.45, 2.75) is 32.6 Å². The zero-order chi connectivity index (χ0) is 23.0. The van der Waals surface area contributed by atoms with Crippen LogP contribution in [0.15, 0.2) is 78.9 Å². The fraction of sp³-hybridized carbons (Fsp3) is 0.200. The number of hydrogen-bond acceptors (Lipinski definition) is 1. The Morgan fingerprint density at radius 3 is 2.24 bits per heavy atom. The highest BCUT2D eigenvalue weighted by Crippen LogP contribution is 2.18. The minimum Gasteiger partial charge on any atom is -0.494 e. The average molecular weight is 441 g/mol. The van der Waals surface area contributed by atoms with Gasteiger partial charge in [0.25, 0.3) is 0 Å². The van der Waals surface area contributed by atoms with Crippen LogP contribution in [0.25, 0.3) is 10.8 Å². The second kappa shape index (κ2) is 10.8. The van der Waals surface area contributed by atoms with Crippen molar-refractivity contribution in [3.05, 3.63) is 113 Å². The number of unbranched alkanes of at least 4 members (excludes halogenated alkanes) is 1. The van der Waals surface area contributed by atoms with Crippen molar-refractivity contribution < 1.29 is 13.5 Å². The molecular formula is C30H26F2O. The number of fused-ring (bicyclic) bond motifs is 1. The van der Waals surface area contributed by atoms with Crippen molar-refractivity contribution in [3.8, 4) is 17.6 Å². The summed E-state index contributed by atoms with van der Waals surface area (Å²) < 4.78 is 33.6. The third-order valence-electron chi connectivity index (χ3n) is 5.57. The number of benzene rings is 4. The van der Waals surface area contributed by atoms with E-state index in [0.29, 0.717) is 5.56 Å². The van der Waals surface area contributed by atoms with Crippen LogP contribution < -0.4 is 4.74 Å². The van der Waals surface area contributed by atoms with Gasteiger partial charge in [0.2, 0.25) is 0 Å². The van der Waals surface area contributed by atoms with Crippen LogP contribution >= 0.6 is 0 Å². The maximum Gasteiger partial charge on any atom is 0.139 e. The largest absolute Gasteiger partial charge is 0.494 e. The summed E-state index contributed by atoms with van der Waals surface area (Å²) in [6, 6.07) is 23.5. The van der Waals surface area contributed by atoms with E-state index in [1.807, 2.05) is 36.4 Å². The van der Waals surface area contributed by atoms with Crippen molar-refractivity contribution in [3.63, 3.8) is 0 Å². The maximum atomic E-state index is 14.6. The van der Waals surface area contributed by atoms with Crippen LogP contribution in [0, 0.1) is 23.5 Å². The molecule has 0 saturated heterocycles. The van der Waals surface area contributed by atoms with Gasteiger partial charge in [-0.3, -0.25) is 0 Å². The molecule has 0 aromatic heterocycles. The van der Waals surface area contributed by atoms with E-state index in [1.54, 1.807) is 18.2 Å². The zero-order valence-corrected chi connectivity index (χ0v) is 18.7. The molecule has 0 saturated carbocycles. The Morgan fingerprint density at radius 1 is 0.727 bits per heavy atom. The van der Waals surface area contributed by atoms with Gasteiger partial charge in [-0.2, -0.15) is 0 Å². The Bertz CT molecular complexity index is 1300. The van der Waals surface area contributed by atoms with Gasteiger partial charge in [-0.1, -0.05) is 55.5 Å². The second-order valence-electron chi connectivity index (χ2n) is 8.12. The molecule has 0 amide bonds. The van der Waals surface area contributed by atoms with E-state index in [-0.39, 0.29) is 11.6 Å². The molecule has 4 aromatic rings. The van der Waals surface area contributed by atoms with E-state index < -0.39 is 0 Å². The predicted octanol–water partition coefficient (Wildman–Crippen LogP) is 7.48. The van der Waals surface area contributed by atoms with Gasteiger partial charge in [0.05, 0.1) is 12.2 Å². The smallest absolute Gasteiger partial charge is 0.139 e. The van der Waals surface area contributed by atoms with Crippen molar-refractivity contribution in [1.29, 1.82) is 0 Å². The molecule has 0 spiro atoms. The van der Waals surface area contributed by atoms with Gasteiger partial charge < -0.3 is 4.74 Å². The Labute approximate surface area is 194 Å². The Morgan fingerprint density at radius 2 is 1.45 bits per heavy atom.